The average Bonchev–Trinajstić information content (AvgIpc) is 2.65. The van der Waals surface area contributed by atoms with Crippen LogP contribution in [-0.4, -0.2) is 74.9 Å². The molecule has 0 fully saturated rings. The summed E-state index contributed by atoms with van der Waals surface area (Å²) in [5, 5.41) is 6.03. The number of rotatable bonds is 17. The highest BCUT2D eigenvalue weighted by molar-refractivity contribution is 5.75. The quantitative estimate of drug-likeness (QED) is 0.296. The maximum absolute atomic E-state index is 12.0. The predicted molar refractivity (Wildman–Crippen MR) is 138 cm³/mol. The molecule has 0 spiro atoms. The number of hydrogen-bond acceptors (Lipinski definition) is 6. The molecule has 0 unspecified atom stereocenters. The van der Waals surface area contributed by atoms with Crippen LogP contribution in [0.15, 0.2) is 0 Å². The average molecular weight is 477 g/mol. The van der Waals surface area contributed by atoms with Gasteiger partial charge in [0.15, 0.2) is 0 Å². The summed E-state index contributed by atoms with van der Waals surface area (Å²) < 4.78 is 23.5. The molecule has 0 aromatic carbocycles. The number of hydrogen-bond donors (Lipinski definition) is 2. The van der Waals surface area contributed by atoms with Gasteiger partial charge in [-0.05, 0) is 82.2 Å². The molecule has 0 aromatic heterocycles. The van der Waals surface area contributed by atoms with E-state index < -0.39 is 0 Å². The molecule has 0 bridgehead atoms. The van der Waals surface area contributed by atoms with Crippen LogP contribution in [0, 0.1) is 0 Å². The summed E-state index contributed by atoms with van der Waals surface area (Å²) in [6.07, 6.45) is 1.90. The van der Waals surface area contributed by atoms with E-state index in [4.69, 9.17) is 18.9 Å². The molecule has 0 radical (unpaired) electrons. The van der Waals surface area contributed by atoms with Gasteiger partial charge in [-0.15, -0.1) is 0 Å². The summed E-state index contributed by atoms with van der Waals surface area (Å²) in [5.74, 6) is -0.0275. The third-order valence-electron chi connectivity index (χ3n) is 4.78. The summed E-state index contributed by atoms with van der Waals surface area (Å²) in [6.45, 7) is 25.8. The lowest BCUT2D eigenvalue weighted by molar-refractivity contribution is -0.125. The van der Waals surface area contributed by atoms with Gasteiger partial charge in [-0.25, -0.2) is 0 Å². The molecule has 0 atom stereocenters. The van der Waals surface area contributed by atoms with Crippen LogP contribution in [0.5, 0.6) is 0 Å². The van der Waals surface area contributed by atoms with Crippen LogP contribution < -0.4 is 10.6 Å². The van der Waals surface area contributed by atoms with E-state index in [9.17, 15) is 4.79 Å². The Morgan fingerprint density at radius 3 is 1.61 bits per heavy atom. The third-order valence-corrected chi connectivity index (χ3v) is 4.78. The Balaban J connectivity index is 0. The largest absolute Gasteiger partial charge is 0.376 e. The van der Waals surface area contributed by atoms with Crippen molar-refractivity contribution in [3.63, 3.8) is 0 Å². The zero-order valence-electron chi connectivity index (χ0n) is 23.9. The van der Waals surface area contributed by atoms with Gasteiger partial charge in [0.05, 0.1) is 42.2 Å². The molecule has 0 heterocycles. The third kappa shape index (κ3) is 22.8. The summed E-state index contributed by atoms with van der Waals surface area (Å²) in [6, 6.07) is 0. The second-order valence-corrected chi connectivity index (χ2v) is 10.9. The number of carbonyl (C=O) groups is 1. The van der Waals surface area contributed by atoms with Gasteiger partial charge in [0, 0.05) is 26.1 Å². The van der Waals surface area contributed by atoms with Crippen LogP contribution in [0.25, 0.3) is 0 Å². The SMILES string of the molecule is CC.CNCC(C)(C)OCCC(C)(C)OCCNC(=O)CCOC(C)(C)CCOC(C)(C)C. The highest BCUT2D eigenvalue weighted by Crippen LogP contribution is 2.18. The molecule has 2 N–H and O–H groups in total. The van der Waals surface area contributed by atoms with E-state index in [1.165, 1.54) is 0 Å². The summed E-state index contributed by atoms with van der Waals surface area (Å²) in [5.41, 5.74) is -0.969. The Morgan fingerprint density at radius 1 is 0.667 bits per heavy atom. The highest BCUT2D eigenvalue weighted by Gasteiger charge is 2.23. The van der Waals surface area contributed by atoms with Crippen molar-refractivity contribution < 1.29 is 23.7 Å². The van der Waals surface area contributed by atoms with E-state index in [-0.39, 0.29) is 28.3 Å². The first kappa shape index (κ1) is 34.4. The van der Waals surface area contributed by atoms with Crippen LogP contribution in [-0.2, 0) is 23.7 Å². The molecular weight excluding hydrogens is 420 g/mol. The number of ether oxygens (including phenoxy) is 4. The van der Waals surface area contributed by atoms with Gasteiger partial charge in [0.25, 0.3) is 0 Å². The standard InChI is InChI=1S/C24H50N2O5.C2H6/c1-21(2,3)28-16-12-22(4,5)29-15-11-20(27)26-14-18-31-23(6,7)13-17-30-24(8,9)19-25-10;1-2/h25H,11-19H2,1-10H3,(H,26,27);1-2H3. The van der Waals surface area contributed by atoms with E-state index in [0.717, 1.165) is 19.4 Å². The van der Waals surface area contributed by atoms with Gasteiger partial charge in [0.1, 0.15) is 0 Å². The van der Waals surface area contributed by atoms with Crippen LogP contribution in [0.4, 0.5) is 0 Å². The molecule has 0 rings (SSSR count). The monoisotopic (exact) mass is 476 g/mol. The first-order valence-electron chi connectivity index (χ1n) is 12.5. The molecular formula is C26H56N2O5. The van der Waals surface area contributed by atoms with Gasteiger partial charge in [0.2, 0.25) is 5.91 Å². The van der Waals surface area contributed by atoms with Crippen molar-refractivity contribution in [2.24, 2.45) is 0 Å². The minimum Gasteiger partial charge on any atom is -0.376 e. The van der Waals surface area contributed by atoms with Crippen molar-refractivity contribution in [3.05, 3.63) is 0 Å². The Hall–Kier alpha value is -0.730. The fourth-order valence-electron chi connectivity index (χ4n) is 2.82. The van der Waals surface area contributed by atoms with Crippen LogP contribution in [0.3, 0.4) is 0 Å². The smallest absolute Gasteiger partial charge is 0.222 e. The molecule has 0 aliphatic carbocycles. The van der Waals surface area contributed by atoms with E-state index in [0.29, 0.717) is 39.4 Å². The fraction of sp³-hybridized carbons (Fsp3) is 0.962. The summed E-state index contributed by atoms with van der Waals surface area (Å²) in [4.78, 5) is 12.0. The first-order valence-corrected chi connectivity index (χ1v) is 12.5. The number of likely N-dealkylation sites (N-methyl/N-ethyl adjacent to an activating group) is 1. The van der Waals surface area contributed by atoms with Gasteiger partial charge in [-0.1, -0.05) is 13.8 Å². The molecule has 0 saturated carbocycles. The lowest BCUT2D eigenvalue weighted by Crippen LogP contribution is -2.38. The second-order valence-electron chi connectivity index (χ2n) is 10.9. The molecule has 7 nitrogen and oxygen atoms in total. The lowest BCUT2D eigenvalue weighted by Gasteiger charge is -2.29. The van der Waals surface area contributed by atoms with Crippen LogP contribution in [0.1, 0.15) is 95.4 Å². The van der Waals surface area contributed by atoms with E-state index in [1.807, 2.05) is 69.4 Å². The van der Waals surface area contributed by atoms with E-state index in [1.54, 1.807) is 0 Å². The number of carbonyl (C=O) groups excluding carboxylic acids is 1. The maximum atomic E-state index is 12.0. The van der Waals surface area contributed by atoms with Gasteiger partial charge < -0.3 is 29.6 Å². The van der Waals surface area contributed by atoms with Crippen LogP contribution in [0.2, 0.25) is 0 Å². The molecule has 0 aliphatic rings. The zero-order chi connectivity index (χ0) is 26.2. The van der Waals surface area contributed by atoms with E-state index >= 15 is 0 Å². The van der Waals surface area contributed by atoms with Crippen molar-refractivity contribution in [2.75, 3.05) is 46.6 Å². The first-order chi connectivity index (χ1) is 15.1. The number of nitrogens with one attached hydrogen (secondary N) is 2. The van der Waals surface area contributed by atoms with Crippen LogP contribution >= 0.6 is 0 Å². The fourth-order valence-corrected chi connectivity index (χ4v) is 2.82. The van der Waals surface area contributed by atoms with Crippen molar-refractivity contribution in [3.8, 4) is 0 Å². The van der Waals surface area contributed by atoms with Crippen molar-refractivity contribution >= 4 is 5.91 Å². The highest BCUT2D eigenvalue weighted by atomic mass is 16.5. The van der Waals surface area contributed by atoms with Gasteiger partial charge in [-0.3, -0.25) is 4.79 Å². The van der Waals surface area contributed by atoms with Crippen molar-refractivity contribution in [1.29, 1.82) is 0 Å². The Morgan fingerprint density at radius 2 is 1.12 bits per heavy atom. The molecule has 0 aliphatic heterocycles. The predicted octanol–water partition coefficient (Wildman–Crippen LogP) is 4.72. The van der Waals surface area contributed by atoms with Gasteiger partial charge in [-0.2, -0.15) is 0 Å². The minimum absolute atomic E-state index is 0.0275. The number of amides is 1. The minimum atomic E-state index is -0.317. The zero-order valence-corrected chi connectivity index (χ0v) is 23.9. The lowest BCUT2D eigenvalue weighted by atomic mass is 10.1. The molecule has 1 amide bonds. The molecule has 0 aromatic rings. The molecule has 7 heteroatoms. The molecule has 200 valence electrons. The Labute approximate surface area is 205 Å². The van der Waals surface area contributed by atoms with Crippen molar-refractivity contribution in [1.82, 2.24) is 10.6 Å². The molecule has 33 heavy (non-hydrogen) atoms. The van der Waals surface area contributed by atoms with Gasteiger partial charge >= 0.3 is 0 Å². The Kier molecular flexibility index (Phi) is 17.6. The topological polar surface area (TPSA) is 78.0 Å². The summed E-state index contributed by atoms with van der Waals surface area (Å²) >= 11 is 0. The Bertz CT molecular complexity index is 499. The summed E-state index contributed by atoms with van der Waals surface area (Å²) in [7, 11) is 1.92. The second kappa shape index (κ2) is 16.8. The normalized spacial score (nSPS) is 12.8. The van der Waals surface area contributed by atoms with Crippen molar-refractivity contribution in [2.45, 2.75) is 118 Å². The molecule has 0 saturated heterocycles. The maximum Gasteiger partial charge on any atom is 0.222 e. The van der Waals surface area contributed by atoms with E-state index in [2.05, 4.69) is 24.5 Å².